The monoisotopic (exact) mass is 531 g/mol. The fourth-order valence-corrected chi connectivity index (χ4v) is 5.12. The van der Waals surface area contributed by atoms with Crippen LogP contribution in [0.5, 0.6) is 5.75 Å². The molecule has 1 atom stereocenters. The summed E-state index contributed by atoms with van der Waals surface area (Å²) in [4.78, 5) is 28.0. The van der Waals surface area contributed by atoms with Gasteiger partial charge in [0.1, 0.15) is 12.2 Å². The van der Waals surface area contributed by atoms with Crippen molar-refractivity contribution in [1.82, 2.24) is 19.8 Å². The van der Waals surface area contributed by atoms with Gasteiger partial charge in [-0.3, -0.25) is 9.11 Å². The van der Waals surface area contributed by atoms with Crippen molar-refractivity contribution >= 4 is 22.8 Å². The van der Waals surface area contributed by atoms with Crippen LogP contribution in [0.15, 0.2) is 41.6 Å². The van der Waals surface area contributed by atoms with Crippen molar-refractivity contribution in [3.05, 3.63) is 42.2 Å². The number of piperazine rings is 1. The highest BCUT2D eigenvalue weighted by Crippen LogP contribution is 2.18. The molecule has 1 amide bonds. The second-order valence-corrected chi connectivity index (χ2v) is 11.7. The molecule has 0 saturated carbocycles. The minimum atomic E-state index is -1.02. The first-order valence-corrected chi connectivity index (χ1v) is 14.0. The van der Waals surface area contributed by atoms with Crippen LogP contribution in [0.2, 0.25) is 0 Å². The zero-order valence-electron chi connectivity index (χ0n) is 21.9. The van der Waals surface area contributed by atoms with E-state index in [4.69, 9.17) is 14.2 Å². The highest BCUT2D eigenvalue weighted by Gasteiger charge is 2.26. The van der Waals surface area contributed by atoms with E-state index in [2.05, 4.69) is 14.9 Å². The molecular formula is C26H37N5O5S. The lowest BCUT2D eigenvalue weighted by molar-refractivity contribution is 0.0240. The average Bonchev–Trinajstić information content (AvgIpc) is 2.91. The molecule has 0 radical (unpaired) electrons. The molecule has 0 aliphatic carbocycles. The Morgan fingerprint density at radius 3 is 2.27 bits per heavy atom. The molecule has 2 aliphatic rings. The Morgan fingerprint density at radius 1 is 1.00 bits per heavy atom. The average molecular weight is 532 g/mol. The summed E-state index contributed by atoms with van der Waals surface area (Å²) in [5.41, 5.74) is 0.480. The van der Waals surface area contributed by atoms with Crippen LogP contribution in [0.4, 0.5) is 10.7 Å². The van der Waals surface area contributed by atoms with E-state index in [0.717, 1.165) is 43.3 Å². The molecule has 1 aromatic heterocycles. The number of anilines is 1. The molecule has 2 aliphatic heterocycles. The lowest BCUT2D eigenvalue weighted by Gasteiger charge is -2.35. The minimum Gasteiger partial charge on any atom is -0.486 e. The smallest absolute Gasteiger partial charge is 0.410 e. The molecule has 1 aromatic carbocycles. The third-order valence-corrected chi connectivity index (χ3v) is 7.47. The predicted octanol–water partition coefficient (Wildman–Crippen LogP) is 2.55. The number of amides is 1. The number of benzene rings is 1. The minimum absolute atomic E-state index is 0.288. The van der Waals surface area contributed by atoms with Crippen LogP contribution in [0.1, 0.15) is 26.3 Å². The molecule has 4 rings (SSSR count). The van der Waals surface area contributed by atoms with Crippen molar-refractivity contribution in [3.63, 3.8) is 0 Å². The molecule has 2 saturated heterocycles. The Balaban J connectivity index is 1.20. The quantitative estimate of drug-likeness (QED) is 0.509. The fourth-order valence-electron chi connectivity index (χ4n) is 4.02. The predicted molar refractivity (Wildman–Crippen MR) is 141 cm³/mol. The summed E-state index contributed by atoms with van der Waals surface area (Å²) in [6.45, 7) is 12.5. The van der Waals surface area contributed by atoms with Crippen molar-refractivity contribution in [1.29, 1.82) is 0 Å². The van der Waals surface area contributed by atoms with Gasteiger partial charge < -0.3 is 24.0 Å². The first kappa shape index (κ1) is 27.3. The number of aromatic nitrogens is 2. The van der Waals surface area contributed by atoms with Gasteiger partial charge >= 0.3 is 6.09 Å². The molecule has 11 heteroatoms. The van der Waals surface area contributed by atoms with Crippen LogP contribution in [-0.2, 0) is 26.9 Å². The Morgan fingerprint density at radius 2 is 1.65 bits per heavy atom. The zero-order valence-corrected chi connectivity index (χ0v) is 22.7. The lowest BCUT2D eigenvalue weighted by Crippen LogP contribution is -2.50. The highest BCUT2D eigenvalue weighted by molar-refractivity contribution is 7.85. The van der Waals surface area contributed by atoms with Gasteiger partial charge in [-0.1, -0.05) is 12.1 Å². The molecule has 10 nitrogen and oxygen atoms in total. The molecule has 2 aromatic rings. The van der Waals surface area contributed by atoms with E-state index in [0.29, 0.717) is 50.2 Å². The van der Waals surface area contributed by atoms with Crippen LogP contribution in [0.3, 0.4) is 0 Å². The van der Waals surface area contributed by atoms with Gasteiger partial charge in [-0.15, -0.1) is 0 Å². The van der Waals surface area contributed by atoms with Crippen LogP contribution >= 0.6 is 0 Å². The number of morpholine rings is 1. The van der Waals surface area contributed by atoms with Crippen LogP contribution in [-0.4, -0.2) is 100 Å². The number of rotatable bonds is 8. The zero-order chi connectivity index (χ0) is 26.3. The molecular weight excluding hydrogens is 494 g/mol. The van der Waals surface area contributed by atoms with Crippen molar-refractivity contribution < 1.29 is 23.2 Å². The first-order valence-electron chi connectivity index (χ1n) is 12.7. The van der Waals surface area contributed by atoms with Crippen molar-refractivity contribution in [2.24, 2.45) is 0 Å². The summed E-state index contributed by atoms with van der Waals surface area (Å²) < 4.78 is 29.3. The molecule has 3 heterocycles. The summed E-state index contributed by atoms with van der Waals surface area (Å²) in [6.07, 6.45) is 3.04. The van der Waals surface area contributed by atoms with Gasteiger partial charge in [0.05, 0.1) is 36.4 Å². The van der Waals surface area contributed by atoms with Gasteiger partial charge in [0.2, 0.25) is 5.95 Å². The normalized spacial score (nSPS) is 17.9. The topological polar surface area (TPSA) is 97.3 Å². The number of hydrogen-bond acceptors (Lipinski definition) is 9. The largest absolute Gasteiger partial charge is 0.486 e. The summed E-state index contributed by atoms with van der Waals surface area (Å²) >= 11 is 0. The Bertz CT molecular complexity index is 1030. The third kappa shape index (κ3) is 8.37. The van der Waals surface area contributed by atoms with E-state index >= 15 is 0 Å². The molecule has 2 fully saturated rings. The Hall–Kier alpha value is -2.76. The number of carbonyl (C=O) groups is 1. The molecule has 37 heavy (non-hydrogen) atoms. The number of nitrogens with zero attached hydrogens (tertiary/aromatic N) is 5. The van der Waals surface area contributed by atoms with Gasteiger partial charge in [0, 0.05) is 56.5 Å². The lowest BCUT2D eigenvalue weighted by atomic mass is 10.2. The van der Waals surface area contributed by atoms with E-state index in [1.165, 1.54) is 0 Å². The molecule has 0 spiro atoms. The van der Waals surface area contributed by atoms with Crippen LogP contribution < -0.4 is 9.64 Å². The van der Waals surface area contributed by atoms with E-state index in [1.807, 2.05) is 49.9 Å². The van der Waals surface area contributed by atoms with Gasteiger partial charge in [0.25, 0.3) is 0 Å². The maximum absolute atomic E-state index is 12.6. The summed E-state index contributed by atoms with van der Waals surface area (Å²) in [6, 6.07) is 7.71. The van der Waals surface area contributed by atoms with Crippen molar-refractivity contribution in [3.8, 4) is 5.75 Å². The summed E-state index contributed by atoms with van der Waals surface area (Å²) in [5.74, 6) is 1.81. The molecule has 202 valence electrons. The molecule has 1 unspecified atom stereocenters. The second-order valence-electron chi connectivity index (χ2n) is 10.1. The first-order chi connectivity index (χ1) is 17.8. The van der Waals surface area contributed by atoms with E-state index in [9.17, 15) is 9.00 Å². The standard InChI is InChI=1S/C26H37N5O5S/c1-26(2,3)36-25(32)31-10-8-30(9-11-31)24-27-18-22(19-28-24)35-20-21-4-6-23(7-5-21)37(33)17-14-29-12-15-34-16-13-29/h4-7,18-19H,8-17,20H2,1-3H3. The Kier molecular flexibility index (Phi) is 9.33. The number of ether oxygens (including phenoxy) is 3. The summed E-state index contributed by atoms with van der Waals surface area (Å²) in [7, 11) is -1.02. The third-order valence-electron chi connectivity index (χ3n) is 6.12. The van der Waals surface area contributed by atoms with Gasteiger partial charge in [0.15, 0.2) is 5.75 Å². The van der Waals surface area contributed by atoms with Gasteiger partial charge in [-0.2, -0.15) is 0 Å². The fraction of sp³-hybridized carbons (Fsp3) is 0.577. The Labute approximate surface area is 221 Å². The second kappa shape index (κ2) is 12.7. The van der Waals surface area contributed by atoms with Crippen LogP contribution in [0.25, 0.3) is 0 Å². The van der Waals surface area contributed by atoms with Gasteiger partial charge in [-0.25, -0.2) is 14.8 Å². The maximum Gasteiger partial charge on any atom is 0.410 e. The van der Waals surface area contributed by atoms with E-state index in [1.54, 1.807) is 17.3 Å². The maximum atomic E-state index is 12.6. The van der Waals surface area contributed by atoms with E-state index < -0.39 is 16.4 Å². The van der Waals surface area contributed by atoms with Crippen molar-refractivity contribution in [2.75, 3.05) is 69.7 Å². The molecule has 0 bridgehead atoms. The van der Waals surface area contributed by atoms with Gasteiger partial charge in [-0.05, 0) is 38.5 Å². The number of hydrogen-bond donors (Lipinski definition) is 0. The number of carbonyl (C=O) groups excluding carboxylic acids is 1. The summed E-state index contributed by atoms with van der Waals surface area (Å²) in [5, 5.41) is 0. The SMILES string of the molecule is CC(C)(C)OC(=O)N1CCN(c2ncc(OCc3ccc(S(=O)CCN4CCOCC4)cc3)cn2)CC1. The van der Waals surface area contributed by atoms with Crippen LogP contribution in [0, 0.1) is 0 Å². The molecule has 0 N–H and O–H groups in total. The van der Waals surface area contributed by atoms with E-state index in [-0.39, 0.29) is 6.09 Å². The highest BCUT2D eigenvalue weighted by atomic mass is 32.2. The van der Waals surface area contributed by atoms with Crippen molar-refractivity contribution in [2.45, 2.75) is 37.9 Å².